The highest BCUT2D eigenvalue weighted by molar-refractivity contribution is 7.93. The Hall–Kier alpha value is -1.44. The molecule has 0 aliphatic carbocycles. The molecule has 0 fully saturated rings. The van der Waals surface area contributed by atoms with Gasteiger partial charge in [-0.05, 0) is 25.6 Å². The molecule has 2 aromatic rings. The Kier molecular flexibility index (Phi) is 4.18. The van der Waals surface area contributed by atoms with Crippen LogP contribution in [0.25, 0.3) is 0 Å². The van der Waals surface area contributed by atoms with Gasteiger partial charge in [0.2, 0.25) is 0 Å². The lowest BCUT2D eigenvalue weighted by molar-refractivity contribution is 0.599. The molecule has 1 aromatic heterocycles. The van der Waals surface area contributed by atoms with Crippen LogP contribution in [0.2, 0.25) is 0 Å². The van der Waals surface area contributed by atoms with Gasteiger partial charge in [-0.15, -0.1) is 11.3 Å². The van der Waals surface area contributed by atoms with Crippen molar-refractivity contribution in [3.8, 4) is 0 Å². The van der Waals surface area contributed by atoms with E-state index in [1.165, 1.54) is 11.3 Å². The van der Waals surface area contributed by atoms with E-state index in [0.29, 0.717) is 11.7 Å². The zero-order chi connectivity index (χ0) is 13.9. The number of rotatable bonds is 5. The van der Waals surface area contributed by atoms with Gasteiger partial charge in [0.05, 0.1) is 4.90 Å². The normalized spacial score (nSPS) is 11.5. The first-order valence-corrected chi connectivity index (χ1v) is 8.00. The molecular weight excluding hydrogens is 282 g/mol. The minimum absolute atomic E-state index is 0.275. The van der Waals surface area contributed by atoms with E-state index in [1.54, 1.807) is 31.4 Å². The van der Waals surface area contributed by atoms with Crippen LogP contribution in [-0.4, -0.2) is 20.4 Å². The van der Waals surface area contributed by atoms with E-state index in [9.17, 15) is 8.42 Å². The van der Waals surface area contributed by atoms with Crippen molar-refractivity contribution in [2.24, 2.45) is 0 Å². The predicted molar refractivity (Wildman–Crippen MR) is 76.9 cm³/mol. The fourth-order valence-corrected chi connectivity index (χ4v) is 3.82. The lowest BCUT2D eigenvalue weighted by atomic mass is 10.2. The largest absolute Gasteiger partial charge is 0.316 e. The SMILES string of the molecule is CNCc1ccccc1S(=O)(=O)Nc1ncc(C)s1. The molecule has 0 atom stereocenters. The summed E-state index contributed by atoms with van der Waals surface area (Å²) in [6.45, 7) is 2.37. The number of aryl methyl sites for hydroxylation is 1. The van der Waals surface area contributed by atoms with E-state index in [4.69, 9.17) is 0 Å². The molecule has 0 aliphatic heterocycles. The van der Waals surface area contributed by atoms with Crippen molar-refractivity contribution in [1.82, 2.24) is 10.3 Å². The molecule has 5 nitrogen and oxygen atoms in total. The molecule has 0 aliphatic rings. The smallest absolute Gasteiger partial charge is 0.263 e. The predicted octanol–water partition coefficient (Wildman–Crippen LogP) is 1.97. The summed E-state index contributed by atoms with van der Waals surface area (Å²) in [6, 6.07) is 6.91. The molecule has 1 heterocycles. The molecule has 0 amide bonds. The maximum absolute atomic E-state index is 12.3. The monoisotopic (exact) mass is 297 g/mol. The van der Waals surface area contributed by atoms with Crippen LogP contribution in [0.5, 0.6) is 0 Å². The second-order valence-corrected chi connectivity index (χ2v) is 6.91. The Balaban J connectivity index is 2.34. The number of sulfonamides is 1. The van der Waals surface area contributed by atoms with E-state index in [0.717, 1.165) is 10.4 Å². The van der Waals surface area contributed by atoms with Crippen LogP contribution in [-0.2, 0) is 16.6 Å². The number of hydrogen-bond donors (Lipinski definition) is 2. The van der Waals surface area contributed by atoms with Crippen molar-refractivity contribution in [3.63, 3.8) is 0 Å². The van der Waals surface area contributed by atoms with Crippen molar-refractivity contribution in [1.29, 1.82) is 0 Å². The summed E-state index contributed by atoms with van der Waals surface area (Å²) < 4.78 is 27.2. The van der Waals surface area contributed by atoms with Crippen molar-refractivity contribution in [2.45, 2.75) is 18.4 Å². The van der Waals surface area contributed by atoms with E-state index < -0.39 is 10.0 Å². The van der Waals surface area contributed by atoms with Gasteiger partial charge in [-0.25, -0.2) is 13.4 Å². The number of thiazole rings is 1. The first kappa shape index (κ1) is 14.0. The fraction of sp³-hybridized carbons (Fsp3) is 0.250. The van der Waals surface area contributed by atoms with Gasteiger partial charge < -0.3 is 5.32 Å². The van der Waals surface area contributed by atoms with Crippen LogP contribution in [0.4, 0.5) is 5.13 Å². The maximum atomic E-state index is 12.3. The first-order valence-electron chi connectivity index (χ1n) is 5.70. The van der Waals surface area contributed by atoms with Crippen LogP contribution in [0.15, 0.2) is 35.4 Å². The number of nitrogens with one attached hydrogen (secondary N) is 2. The Labute approximate surface area is 116 Å². The summed E-state index contributed by atoms with van der Waals surface area (Å²) in [5.41, 5.74) is 0.728. The third kappa shape index (κ3) is 3.31. The number of aromatic nitrogens is 1. The van der Waals surface area contributed by atoms with Crippen LogP contribution >= 0.6 is 11.3 Å². The maximum Gasteiger partial charge on any atom is 0.263 e. The average Bonchev–Trinajstić information content (AvgIpc) is 2.75. The third-order valence-electron chi connectivity index (χ3n) is 2.47. The van der Waals surface area contributed by atoms with E-state index in [1.807, 2.05) is 13.0 Å². The van der Waals surface area contributed by atoms with Crippen molar-refractivity contribution < 1.29 is 8.42 Å². The topological polar surface area (TPSA) is 71.1 Å². The molecule has 102 valence electrons. The lowest BCUT2D eigenvalue weighted by Gasteiger charge is -2.10. The summed E-state index contributed by atoms with van der Waals surface area (Å²) in [5.74, 6) is 0. The highest BCUT2D eigenvalue weighted by Gasteiger charge is 2.19. The van der Waals surface area contributed by atoms with Crippen molar-refractivity contribution in [3.05, 3.63) is 40.9 Å². The summed E-state index contributed by atoms with van der Waals surface area (Å²) in [6.07, 6.45) is 1.64. The highest BCUT2D eigenvalue weighted by Crippen LogP contribution is 2.22. The van der Waals surface area contributed by atoms with Crippen LogP contribution in [0, 0.1) is 6.92 Å². The van der Waals surface area contributed by atoms with E-state index in [2.05, 4.69) is 15.0 Å². The summed E-state index contributed by atoms with van der Waals surface area (Å²) in [5, 5.41) is 3.35. The van der Waals surface area contributed by atoms with Gasteiger partial charge in [-0.1, -0.05) is 18.2 Å². The van der Waals surface area contributed by atoms with E-state index >= 15 is 0 Å². The summed E-state index contributed by atoms with van der Waals surface area (Å²) in [4.78, 5) is 5.25. The Morgan fingerprint density at radius 3 is 2.68 bits per heavy atom. The molecule has 2 rings (SSSR count). The first-order chi connectivity index (χ1) is 9.03. The second kappa shape index (κ2) is 5.68. The van der Waals surface area contributed by atoms with Gasteiger partial charge in [0.1, 0.15) is 0 Å². The standard InChI is InChI=1S/C12H15N3O2S2/c1-9-7-14-12(18-9)15-19(16,17)11-6-4-3-5-10(11)8-13-2/h3-7,13H,8H2,1-2H3,(H,14,15). The third-order valence-corrected chi connectivity index (χ3v) is 4.87. The van der Waals surface area contributed by atoms with Gasteiger partial charge in [0, 0.05) is 17.6 Å². The van der Waals surface area contributed by atoms with Crippen molar-refractivity contribution in [2.75, 3.05) is 11.8 Å². The van der Waals surface area contributed by atoms with Crippen LogP contribution in [0.3, 0.4) is 0 Å². The second-order valence-electron chi connectivity index (χ2n) is 4.02. The number of benzene rings is 1. The zero-order valence-electron chi connectivity index (χ0n) is 10.7. The highest BCUT2D eigenvalue weighted by atomic mass is 32.2. The van der Waals surface area contributed by atoms with Crippen molar-refractivity contribution >= 4 is 26.5 Å². The number of anilines is 1. The minimum atomic E-state index is -3.59. The molecule has 0 spiro atoms. The number of hydrogen-bond acceptors (Lipinski definition) is 5. The molecule has 0 unspecified atom stereocenters. The van der Waals surface area contributed by atoms with Crippen LogP contribution in [0.1, 0.15) is 10.4 Å². The molecule has 2 N–H and O–H groups in total. The summed E-state index contributed by atoms with van der Waals surface area (Å²) >= 11 is 1.31. The molecule has 0 saturated heterocycles. The van der Waals surface area contributed by atoms with Gasteiger partial charge in [-0.2, -0.15) is 0 Å². The minimum Gasteiger partial charge on any atom is -0.316 e. The molecule has 7 heteroatoms. The fourth-order valence-electron chi connectivity index (χ4n) is 1.67. The van der Waals surface area contributed by atoms with Gasteiger partial charge >= 0.3 is 0 Å². The van der Waals surface area contributed by atoms with Crippen LogP contribution < -0.4 is 10.0 Å². The number of nitrogens with zero attached hydrogens (tertiary/aromatic N) is 1. The molecule has 1 aromatic carbocycles. The quantitative estimate of drug-likeness (QED) is 0.885. The molecule has 0 radical (unpaired) electrons. The molecular formula is C12H15N3O2S2. The Morgan fingerprint density at radius 2 is 2.05 bits per heavy atom. The van der Waals surface area contributed by atoms with Gasteiger partial charge in [0.25, 0.3) is 10.0 Å². The summed E-state index contributed by atoms with van der Waals surface area (Å²) in [7, 11) is -1.82. The lowest BCUT2D eigenvalue weighted by Crippen LogP contribution is -2.17. The Morgan fingerprint density at radius 1 is 1.32 bits per heavy atom. The molecule has 0 saturated carbocycles. The molecule has 0 bridgehead atoms. The molecule has 19 heavy (non-hydrogen) atoms. The Bertz CT molecular complexity index is 665. The van der Waals surface area contributed by atoms with Gasteiger partial charge in [0.15, 0.2) is 5.13 Å². The van der Waals surface area contributed by atoms with Gasteiger partial charge in [-0.3, -0.25) is 4.72 Å². The average molecular weight is 297 g/mol. The zero-order valence-corrected chi connectivity index (χ0v) is 12.3. The van der Waals surface area contributed by atoms with E-state index in [-0.39, 0.29) is 4.90 Å².